The molecule has 1 aromatic heterocycles. The summed E-state index contributed by atoms with van der Waals surface area (Å²) in [6.07, 6.45) is 0. The van der Waals surface area contributed by atoms with Crippen LogP contribution in [0.25, 0.3) is 0 Å². The molecule has 0 saturated heterocycles. The third-order valence-electron chi connectivity index (χ3n) is 2.18. The molecule has 0 spiro atoms. The topological polar surface area (TPSA) is 92.3 Å². The molecule has 0 saturated carbocycles. The lowest BCUT2D eigenvalue weighted by atomic mass is 10.1. The minimum Gasteiger partial charge on any atom is -0.493 e. The van der Waals surface area contributed by atoms with E-state index in [4.69, 9.17) is 5.26 Å². The number of rotatable bonds is 3. The minimum absolute atomic E-state index is 0.0195. The summed E-state index contributed by atoms with van der Waals surface area (Å²) in [6.45, 7) is 2.95. The van der Waals surface area contributed by atoms with Crippen LogP contribution in [0.4, 0.5) is 0 Å². The van der Waals surface area contributed by atoms with Gasteiger partial charge in [0.2, 0.25) is 5.88 Å². The standard InChI is InChI=1S/C11H12N2O4/c1-3-17-10(15)6-13-9(14)4-7(2)8(5-12)11(13)16/h4,16H,3,6H2,1-2H3. The van der Waals surface area contributed by atoms with Crippen LogP contribution in [0.3, 0.4) is 0 Å². The fourth-order valence-electron chi connectivity index (χ4n) is 1.38. The van der Waals surface area contributed by atoms with Gasteiger partial charge in [-0.1, -0.05) is 0 Å². The van der Waals surface area contributed by atoms with Crippen molar-refractivity contribution in [1.82, 2.24) is 4.57 Å². The van der Waals surface area contributed by atoms with Crippen LogP contribution >= 0.6 is 0 Å². The summed E-state index contributed by atoms with van der Waals surface area (Å²) in [5.41, 5.74) is -0.198. The lowest BCUT2D eigenvalue weighted by Gasteiger charge is -2.10. The number of pyridine rings is 1. The lowest BCUT2D eigenvalue weighted by Crippen LogP contribution is -2.25. The highest BCUT2D eigenvalue weighted by atomic mass is 16.5. The molecule has 1 N–H and O–H groups in total. The summed E-state index contributed by atoms with van der Waals surface area (Å²) >= 11 is 0. The van der Waals surface area contributed by atoms with Crippen LogP contribution in [0.2, 0.25) is 0 Å². The van der Waals surface area contributed by atoms with Crippen molar-refractivity contribution in [2.45, 2.75) is 20.4 Å². The van der Waals surface area contributed by atoms with Gasteiger partial charge in [0.05, 0.1) is 6.61 Å². The number of nitrogens with zero attached hydrogens (tertiary/aromatic N) is 2. The number of aromatic hydroxyl groups is 1. The Labute approximate surface area is 97.7 Å². The van der Waals surface area contributed by atoms with Crippen LogP contribution in [0.1, 0.15) is 18.1 Å². The summed E-state index contributed by atoms with van der Waals surface area (Å²) in [5.74, 6) is -1.15. The normalized spacial score (nSPS) is 9.71. The van der Waals surface area contributed by atoms with E-state index in [-0.39, 0.29) is 12.2 Å². The molecule has 0 unspecified atom stereocenters. The summed E-state index contributed by atoms with van der Waals surface area (Å²) in [7, 11) is 0. The minimum atomic E-state index is -0.641. The maximum absolute atomic E-state index is 11.6. The fraction of sp³-hybridized carbons (Fsp3) is 0.364. The SMILES string of the molecule is CCOC(=O)Cn1c(O)c(C#N)c(C)cc1=O. The Morgan fingerprint density at radius 3 is 2.82 bits per heavy atom. The maximum atomic E-state index is 11.6. The van der Waals surface area contributed by atoms with Crippen molar-refractivity contribution < 1.29 is 14.6 Å². The van der Waals surface area contributed by atoms with E-state index in [9.17, 15) is 14.7 Å². The van der Waals surface area contributed by atoms with E-state index in [1.165, 1.54) is 13.0 Å². The zero-order valence-corrected chi connectivity index (χ0v) is 9.56. The number of esters is 1. The van der Waals surface area contributed by atoms with Crippen LogP contribution in [0, 0.1) is 18.3 Å². The van der Waals surface area contributed by atoms with Gasteiger partial charge in [-0.3, -0.25) is 14.2 Å². The molecule has 0 aliphatic rings. The molecular weight excluding hydrogens is 224 g/mol. The highest BCUT2D eigenvalue weighted by Crippen LogP contribution is 2.17. The second-order valence-electron chi connectivity index (χ2n) is 3.37. The second-order valence-corrected chi connectivity index (χ2v) is 3.37. The van der Waals surface area contributed by atoms with Gasteiger partial charge in [0.25, 0.3) is 5.56 Å². The number of carbonyl (C=O) groups excluding carboxylic acids is 1. The molecule has 0 aliphatic carbocycles. The highest BCUT2D eigenvalue weighted by molar-refractivity contribution is 5.69. The molecule has 1 rings (SSSR count). The molecule has 17 heavy (non-hydrogen) atoms. The van der Waals surface area contributed by atoms with Gasteiger partial charge in [-0.05, 0) is 19.4 Å². The molecule has 6 nitrogen and oxygen atoms in total. The van der Waals surface area contributed by atoms with Crippen molar-refractivity contribution in [3.63, 3.8) is 0 Å². The summed E-state index contributed by atoms with van der Waals surface area (Å²) in [5, 5.41) is 18.5. The van der Waals surface area contributed by atoms with E-state index in [2.05, 4.69) is 4.74 Å². The zero-order chi connectivity index (χ0) is 13.0. The predicted octanol–water partition coefficient (Wildman–Crippen LogP) is 0.297. The summed E-state index contributed by atoms with van der Waals surface area (Å²) in [4.78, 5) is 22.8. The van der Waals surface area contributed by atoms with Crippen molar-refractivity contribution in [1.29, 1.82) is 5.26 Å². The van der Waals surface area contributed by atoms with Gasteiger partial charge in [-0.2, -0.15) is 5.26 Å². The quantitative estimate of drug-likeness (QED) is 0.762. The first-order chi connectivity index (χ1) is 8.01. The van der Waals surface area contributed by atoms with E-state index in [0.29, 0.717) is 5.56 Å². The number of nitriles is 1. The maximum Gasteiger partial charge on any atom is 0.326 e. The van der Waals surface area contributed by atoms with Gasteiger partial charge in [-0.15, -0.1) is 0 Å². The molecule has 6 heteroatoms. The first kappa shape index (κ1) is 12.8. The smallest absolute Gasteiger partial charge is 0.326 e. The van der Waals surface area contributed by atoms with Crippen molar-refractivity contribution >= 4 is 5.97 Å². The van der Waals surface area contributed by atoms with Crippen molar-refractivity contribution in [2.24, 2.45) is 0 Å². The molecule has 90 valence electrons. The number of aromatic nitrogens is 1. The Morgan fingerprint density at radius 2 is 2.29 bits per heavy atom. The average molecular weight is 236 g/mol. The first-order valence-corrected chi connectivity index (χ1v) is 5.00. The predicted molar refractivity (Wildman–Crippen MR) is 58.5 cm³/mol. The van der Waals surface area contributed by atoms with E-state index in [1.807, 2.05) is 0 Å². The number of carbonyl (C=O) groups is 1. The summed E-state index contributed by atoms with van der Waals surface area (Å²) < 4.78 is 5.48. The van der Waals surface area contributed by atoms with Crippen LogP contribution in [0.5, 0.6) is 5.88 Å². The third-order valence-corrected chi connectivity index (χ3v) is 2.18. The van der Waals surface area contributed by atoms with Crippen molar-refractivity contribution in [3.8, 4) is 11.9 Å². The fourth-order valence-corrected chi connectivity index (χ4v) is 1.38. The van der Waals surface area contributed by atoms with Crippen molar-refractivity contribution in [2.75, 3.05) is 6.61 Å². The zero-order valence-electron chi connectivity index (χ0n) is 9.56. The Morgan fingerprint density at radius 1 is 1.65 bits per heavy atom. The molecular formula is C11H12N2O4. The Kier molecular flexibility index (Phi) is 3.88. The van der Waals surface area contributed by atoms with E-state index < -0.39 is 24.0 Å². The van der Waals surface area contributed by atoms with Crippen LogP contribution in [-0.4, -0.2) is 22.2 Å². The van der Waals surface area contributed by atoms with Gasteiger partial charge < -0.3 is 9.84 Å². The molecule has 0 amide bonds. The molecule has 0 radical (unpaired) electrons. The molecule has 0 fully saturated rings. The van der Waals surface area contributed by atoms with Crippen LogP contribution < -0.4 is 5.56 Å². The van der Waals surface area contributed by atoms with E-state index in [0.717, 1.165) is 4.57 Å². The number of hydrogen-bond donors (Lipinski definition) is 1. The first-order valence-electron chi connectivity index (χ1n) is 5.00. The van der Waals surface area contributed by atoms with Gasteiger partial charge in [-0.25, -0.2) is 0 Å². The molecule has 1 heterocycles. The second kappa shape index (κ2) is 5.16. The van der Waals surface area contributed by atoms with Gasteiger partial charge in [0, 0.05) is 6.07 Å². The Balaban J connectivity index is 3.22. The lowest BCUT2D eigenvalue weighted by molar-refractivity contribution is -0.144. The van der Waals surface area contributed by atoms with Crippen molar-refractivity contribution in [3.05, 3.63) is 27.5 Å². The van der Waals surface area contributed by atoms with Gasteiger partial charge in [0.1, 0.15) is 18.2 Å². The van der Waals surface area contributed by atoms with E-state index >= 15 is 0 Å². The van der Waals surface area contributed by atoms with Crippen LogP contribution in [-0.2, 0) is 16.1 Å². The van der Waals surface area contributed by atoms with Crippen LogP contribution in [0.15, 0.2) is 10.9 Å². The summed E-state index contributed by atoms with van der Waals surface area (Å²) in [6, 6.07) is 2.97. The Hall–Kier alpha value is -2.29. The number of ether oxygens (including phenoxy) is 1. The molecule has 0 aromatic carbocycles. The molecule has 0 bridgehead atoms. The average Bonchev–Trinajstić information content (AvgIpc) is 2.25. The highest BCUT2D eigenvalue weighted by Gasteiger charge is 2.15. The van der Waals surface area contributed by atoms with E-state index in [1.54, 1.807) is 13.0 Å². The third kappa shape index (κ3) is 2.64. The largest absolute Gasteiger partial charge is 0.493 e. The van der Waals surface area contributed by atoms with Gasteiger partial charge >= 0.3 is 5.97 Å². The molecule has 0 aliphatic heterocycles. The van der Waals surface area contributed by atoms with Gasteiger partial charge in [0.15, 0.2) is 0 Å². The monoisotopic (exact) mass is 236 g/mol. The Bertz CT molecular complexity index is 540. The number of hydrogen-bond acceptors (Lipinski definition) is 5. The molecule has 0 atom stereocenters. The molecule has 1 aromatic rings. The number of aryl methyl sites for hydroxylation is 1.